The van der Waals surface area contributed by atoms with Crippen LogP contribution in [0.1, 0.15) is 18.0 Å². The number of fused-ring (bicyclic) bond motifs is 1. The largest absolute Gasteiger partial charge is 0.508 e. The Balaban J connectivity index is 0.00000176. The SMILES string of the molecule is Cl.Oc1ccc2cc([C@H](CCF)N3CCNCC3)ccc2c1. The lowest BCUT2D eigenvalue weighted by atomic mass is 9.98. The third-order valence-electron chi connectivity index (χ3n) is 4.21. The van der Waals surface area contributed by atoms with Crippen molar-refractivity contribution in [2.45, 2.75) is 12.5 Å². The fourth-order valence-corrected chi connectivity index (χ4v) is 3.12. The Morgan fingerprint density at radius 3 is 2.50 bits per heavy atom. The smallest absolute Gasteiger partial charge is 0.116 e. The highest BCUT2D eigenvalue weighted by Gasteiger charge is 2.22. The van der Waals surface area contributed by atoms with E-state index >= 15 is 0 Å². The van der Waals surface area contributed by atoms with Crippen LogP contribution in [0.4, 0.5) is 4.39 Å². The van der Waals surface area contributed by atoms with Crippen molar-refractivity contribution in [1.29, 1.82) is 0 Å². The molecule has 2 aromatic carbocycles. The van der Waals surface area contributed by atoms with E-state index in [-0.39, 0.29) is 30.9 Å². The van der Waals surface area contributed by atoms with Crippen LogP contribution < -0.4 is 5.32 Å². The standard InChI is InChI=1S/C17H21FN2O.ClH/c18-6-5-17(20-9-7-19-8-10-20)15-2-1-14-12-16(21)4-3-13(14)11-15;/h1-4,11-12,17,19,21H,5-10H2;1H/t17-;/m0./s1. The van der Waals surface area contributed by atoms with E-state index in [0.29, 0.717) is 6.42 Å². The molecule has 1 aliphatic heterocycles. The Morgan fingerprint density at radius 1 is 1.09 bits per heavy atom. The van der Waals surface area contributed by atoms with E-state index in [2.05, 4.69) is 22.3 Å². The number of phenols is 1. The number of hydrogen-bond donors (Lipinski definition) is 2. The third-order valence-corrected chi connectivity index (χ3v) is 4.21. The van der Waals surface area contributed by atoms with Crippen LogP contribution >= 0.6 is 12.4 Å². The molecule has 0 aliphatic carbocycles. The maximum absolute atomic E-state index is 13.0. The van der Waals surface area contributed by atoms with Crippen LogP contribution in [-0.2, 0) is 0 Å². The van der Waals surface area contributed by atoms with Gasteiger partial charge in [-0.25, -0.2) is 0 Å². The lowest BCUT2D eigenvalue weighted by Gasteiger charge is -2.35. The summed E-state index contributed by atoms with van der Waals surface area (Å²) in [7, 11) is 0. The van der Waals surface area contributed by atoms with E-state index in [9.17, 15) is 9.50 Å². The number of phenolic OH excluding ortho intramolecular Hbond substituents is 1. The molecule has 0 amide bonds. The van der Waals surface area contributed by atoms with Gasteiger partial charge in [0.25, 0.3) is 0 Å². The summed E-state index contributed by atoms with van der Waals surface area (Å²) in [6.45, 7) is 3.53. The van der Waals surface area contributed by atoms with Crippen molar-refractivity contribution in [2.24, 2.45) is 0 Å². The Kier molecular flexibility index (Phi) is 6.00. The molecule has 0 aromatic heterocycles. The van der Waals surface area contributed by atoms with Crippen LogP contribution in [0, 0.1) is 0 Å². The molecule has 1 heterocycles. The second-order valence-corrected chi connectivity index (χ2v) is 5.57. The van der Waals surface area contributed by atoms with Gasteiger partial charge in [0, 0.05) is 32.2 Å². The quantitative estimate of drug-likeness (QED) is 0.906. The van der Waals surface area contributed by atoms with Crippen LogP contribution in [0.25, 0.3) is 10.8 Å². The number of halogens is 2. The average molecular weight is 325 g/mol. The molecular weight excluding hydrogens is 303 g/mol. The van der Waals surface area contributed by atoms with Crippen LogP contribution in [0.5, 0.6) is 5.75 Å². The molecule has 120 valence electrons. The van der Waals surface area contributed by atoms with E-state index in [1.54, 1.807) is 12.1 Å². The van der Waals surface area contributed by atoms with Gasteiger partial charge in [-0.3, -0.25) is 9.29 Å². The van der Waals surface area contributed by atoms with Crippen LogP contribution in [0.15, 0.2) is 36.4 Å². The summed E-state index contributed by atoms with van der Waals surface area (Å²) in [5.74, 6) is 0.276. The zero-order chi connectivity index (χ0) is 14.7. The van der Waals surface area contributed by atoms with Crippen molar-refractivity contribution in [3.8, 4) is 5.75 Å². The molecule has 0 saturated carbocycles. The van der Waals surface area contributed by atoms with Gasteiger partial charge in [0.15, 0.2) is 0 Å². The van der Waals surface area contributed by atoms with Crippen LogP contribution in [-0.4, -0.2) is 42.9 Å². The second-order valence-electron chi connectivity index (χ2n) is 5.57. The number of rotatable bonds is 4. The van der Waals surface area contributed by atoms with Gasteiger partial charge in [-0.1, -0.05) is 18.2 Å². The number of nitrogens with one attached hydrogen (secondary N) is 1. The van der Waals surface area contributed by atoms with E-state index in [0.717, 1.165) is 42.5 Å². The number of benzene rings is 2. The molecule has 3 rings (SSSR count). The summed E-state index contributed by atoms with van der Waals surface area (Å²) in [6.07, 6.45) is 0.531. The van der Waals surface area contributed by atoms with Crippen molar-refractivity contribution in [2.75, 3.05) is 32.9 Å². The van der Waals surface area contributed by atoms with Crippen LogP contribution in [0.2, 0.25) is 0 Å². The summed E-state index contributed by atoms with van der Waals surface area (Å²) in [5, 5.41) is 15.0. The lowest BCUT2D eigenvalue weighted by molar-refractivity contribution is 0.157. The molecular formula is C17H22ClFN2O. The molecule has 1 aliphatic rings. The molecule has 22 heavy (non-hydrogen) atoms. The summed E-state index contributed by atoms with van der Waals surface area (Å²) < 4.78 is 13.0. The maximum atomic E-state index is 13.0. The molecule has 0 bridgehead atoms. The Bertz CT molecular complexity index is 617. The number of aromatic hydroxyl groups is 1. The molecule has 0 unspecified atom stereocenters. The number of hydrogen-bond acceptors (Lipinski definition) is 3. The molecule has 0 radical (unpaired) electrons. The summed E-state index contributed by atoms with van der Waals surface area (Å²) in [4.78, 5) is 2.36. The Hall–Kier alpha value is -1.36. The van der Waals surface area contributed by atoms with Crippen molar-refractivity contribution in [3.05, 3.63) is 42.0 Å². The molecule has 3 nitrogen and oxygen atoms in total. The van der Waals surface area contributed by atoms with Gasteiger partial charge in [-0.05, 0) is 41.0 Å². The molecule has 1 atom stereocenters. The number of alkyl halides is 1. The predicted octanol–water partition coefficient (Wildman–Crippen LogP) is 3.27. The van der Waals surface area contributed by atoms with E-state index in [1.807, 2.05) is 12.1 Å². The minimum atomic E-state index is -0.303. The van der Waals surface area contributed by atoms with Crippen molar-refractivity contribution < 1.29 is 9.50 Å². The highest BCUT2D eigenvalue weighted by atomic mass is 35.5. The topological polar surface area (TPSA) is 35.5 Å². The van der Waals surface area contributed by atoms with Gasteiger partial charge in [-0.2, -0.15) is 0 Å². The zero-order valence-electron chi connectivity index (χ0n) is 12.5. The van der Waals surface area contributed by atoms with Gasteiger partial charge in [0.2, 0.25) is 0 Å². The summed E-state index contributed by atoms with van der Waals surface area (Å²) >= 11 is 0. The Labute approximate surface area is 136 Å². The molecule has 1 saturated heterocycles. The Morgan fingerprint density at radius 2 is 1.77 bits per heavy atom. The van der Waals surface area contributed by atoms with Crippen molar-refractivity contribution in [3.63, 3.8) is 0 Å². The first-order valence-electron chi connectivity index (χ1n) is 7.51. The van der Waals surface area contributed by atoms with Crippen molar-refractivity contribution >= 4 is 23.2 Å². The van der Waals surface area contributed by atoms with Gasteiger partial charge in [-0.15, -0.1) is 12.4 Å². The molecule has 0 spiro atoms. The molecule has 1 fully saturated rings. The first kappa shape index (κ1) is 17.0. The fourth-order valence-electron chi connectivity index (χ4n) is 3.12. The number of piperazine rings is 1. The van der Waals surface area contributed by atoms with Crippen LogP contribution in [0.3, 0.4) is 0 Å². The average Bonchev–Trinajstić information content (AvgIpc) is 2.53. The monoisotopic (exact) mass is 324 g/mol. The highest BCUT2D eigenvalue weighted by Crippen LogP contribution is 2.29. The predicted molar refractivity (Wildman–Crippen MR) is 90.6 cm³/mol. The summed E-state index contributed by atoms with van der Waals surface area (Å²) in [6, 6.07) is 11.7. The fraction of sp³-hybridized carbons (Fsp3) is 0.412. The zero-order valence-corrected chi connectivity index (χ0v) is 13.3. The number of nitrogens with zero attached hydrogens (tertiary/aromatic N) is 1. The minimum Gasteiger partial charge on any atom is -0.508 e. The maximum Gasteiger partial charge on any atom is 0.116 e. The first-order valence-corrected chi connectivity index (χ1v) is 7.51. The van der Waals surface area contributed by atoms with E-state index in [4.69, 9.17) is 0 Å². The molecule has 2 N–H and O–H groups in total. The third kappa shape index (κ3) is 3.69. The van der Waals surface area contributed by atoms with Gasteiger partial charge < -0.3 is 10.4 Å². The second kappa shape index (κ2) is 7.77. The molecule has 5 heteroatoms. The minimum absolute atomic E-state index is 0. The molecule has 2 aromatic rings. The first-order chi connectivity index (χ1) is 10.3. The van der Waals surface area contributed by atoms with Gasteiger partial charge in [0.05, 0.1) is 6.67 Å². The highest BCUT2D eigenvalue weighted by molar-refractivity contribution is 5.85. The summed E-state index contributed by atoms with van der Waals surface area (Å²) in [5.41, 5.74) is 1.16. The van der Waals surface area contributed by atoms with Gasteiger partial charge in [0.1, 0.15) is 5.75 Å². The normalized spacial score (nSPS) is 17.1. The van der Waals surface area contributed by atoms with Gasteiger partial charge >= 0.3 is 0 Å². The van der Waals surface area contributed by atoms with E-state index in [1.165, 1.54) is 0 Å². The van der Waals surface area contributed by atoms with Crippen molar-refractivity contribution in [1.82, 2.24) is 10.2 Å². The lowest BCUT2D eigenvalue weighted by Crippen LogP contribution is -2.45. The van der Waals surface area contributed by atoms with E-state index < -0.39 is 0 Å².